The van der Waals surface area contributed by atoms with Crippen LogP contribution in [0, 0.1) is 5.92 Å². The Labute approximate surface area is 103 Å². The summed E-state index contributed by atoms with van der Waals surface area (Å²) in [7, 11) is 1.24. The van der Waals surface area contributed by atoms with Crippen LogP contribution in [0.25, 0.3) is 0 Å². The van der Waals surface area contributed by atoms with Crippen LogP contribution in [0.2, 0.25) is 0 Å². The van der Waals surface area contributed by atoms with Crippen molar-refractivity contribution < 1.29 is 28.4 Å². The van der Waals surface area contributed by atoms with Crippen molar-refractivity contribution in [3.8, 4) is 0 Å². The summed E-state index contributed by atoms with van der Waals surface area (Å²) >= 11 is 0. The highest BCUT2D eigenvalue weighted by Gasteiger charge is 2.50. The zero-order valence-electron chi connectivity index (χ0n) is 9.78. The zero-order valence-corrected chi connectivity index (χ0v) is 9.78. The fourth-order valence-electron chi connectivity index (χ4n) is 2.26. The molecular weight excluding hydrogens is 242 g/mol. The number of methoxy groups -OCH3 is 1. The maximum Gasteiger partial charge on any atom is 0.529 e. The van der Waals surface area contributed by atoms with Crippen molar-refractivity contribution in [3.63, 3.8) is 0 Å². The van der Waals surface area contributed by atoms with Crippen LogP contribution in [0.3, 0.4) is 0 Å². The molecule has 2 aliphatic rings. The van der Waals surface area contributed by atoms with E-state index in [1.54, 1.807) is 12.3 Å². The van der Waals surface area contributed by atoms with Crippen LogP contribution in [-0.2, 0) is 19.1 Å². The highest BCUT2D eigenvalue weighted by Crippen LogP contribution is 2.40. The topological polar surface area (TPSA) is 70.4 Å². The van der Waals surface area contributed by atoms with Crippen LogP contribution in [0.15, 0.2) is 22.8 Å². The van der Waals surface area contributed by atoms with Gasteiger partial charge in [-0.2, -0.15) is 0 Å². The van der Waals surface area contributed by atoms with E-state index in [0.29, 0.717) is 19.0 Å². The Balaban J connectivity index is 1.76. The number of hydrogen-bond acceptors (Lipinski definition) is 7. The minimum Gasteiger partial charge on any atom is -0.467 e. The van der Waals surface area contributed by atoms with E-state index in [2.05, 4.69) is 4.74 Å². The molecule has 0 bridgehead atoms. The van der Waals surface area contributed by atoms with Crippen LogP contribution >= 0.6 is 0 Å². The van der Waals surface area contributed by atoms with Crippen molar-refractivity contribution in [2.45, 2.75) is 12.1 Å². The lowest BCUT2D eigenvalue weighted by Crippen LogP contribution is -2.35. The number of furan rings is 1. The number of nitrogens with zero attached hydrogens (tertiary/aromatic N) is 1. The summed E-state index contributed by atoms with van der Waals surface area (Å²) in [6.07, 6.45) is 0.450. The lowest BCUT2D eigenvalue weighted by molar-refractivity contribution is -0.337. The van der Waals surface area contributed by atoms with Gasteiger partial charge in [-0.15, -0.1) is 0 Å². The molecule has 2 aliphatic heterocycles. The Bertz CT molecular complexity index is 419. The first-order chi connectivity index (χ1) is 8.79. The van der Waals surface area contributed by atoms with Gasteiger partial charge < -0.3 is 18.7 Å². The molecule has 0 saturated carbocycles. The predicted octanol–water partition coefficient (Wildman–Crippen LogP) is 1.28. The number of fused-ring (bicyclic) bond motifs is 1. The van der Waals surface area contributed by atoms with E-state index >= 15 is 0 Å². The fraction of sp³-hybridized carbons (Fsp3) is 0.545. The molecule has 3 atom stereocenters. The number of hydrogen-bond donors (Lipinski definition) is 0. The average molecular weight is 255 g/mol. The molecule has 98 valence electrons. The van der Waals surface area contributed by atoms with Crippen LogP contribution in [-0.4, -0.2) is 37.7 Å². The molecule has 0 radical (unpaired) electrons. The summed E-state index contributed by atoms with van der Waals surface area (Å²) in [4.78, 5) is 21.4. The van der Waals surface area contributed by atoms with E-state index in [-0.39, 0.29) is 18.1 Å². The first-order valence-electron chi connectivity index (χ1n) is 5.62. The van der Waals surface area contributed by atoms with Gasteiger partial charge >= 0.3 is 6.16 Å². The molecule has 0 amide bonds. The van der Waals surface area contributed by atoms with Gasteiger partial charge in [0, 0.05) is 5.92 Å². The molecular formula is C11H13NO6. The largest absolute Gasteiger partial charge is 0.529 e. The lowest BCUT2D eigenvalue weighted by atomic mass is 10.0. The van der Waals surface area contributed by atoms with Gasteiger partial charge in [0.1, 0.15) is 17.9 Å². The molecule has 7 heteroatoms. The number of carbonyl (C=O) groups excluding carboxylic acids is 1. The third-order valence-corrected chi connectivity index (χ3v) is 3.10. The molecule has 3 heterocycles. The summed E-state index contributed by atoms with van der Waals surface area (Å²) in [6.45, 7) is 0.982. The minimum absolute atomic E-state index is 0.143. The Morgan fingerprint density at radius 1 is 1.50 bits per heavy atom. The highest BCUT2D eigenvalue weighted by molar-refractivity contribution is 5.59. The Morgan fingerprint density at radius 2 is 2.39 bits per heavy atom. The summed E-state index contributed by atoms with van der Waals surface area (Å²) in [5.41, 5.74) is 0. The SMILES string of the molecule is COC(=O)ON1OC[C@@H]2CO[C@@H](c3ccco3)[C@@H]21. The molecule has 18 heavy (non-hydrogen) atoms. The molecule has 2 fully saturated rings. The van der Waals surface area contributed by atoms with E-state index in [1.807, 2.05) is 6.07 Å². The second kappa shape index (κ2) is 4.60. The van der Waals surface area contributed by atoms with Crippen molar-refractivity contribution in [2.24, 2.45) is 5.92 Å². The van der Waals surface area contributed by atoms with Gasteiger partial charge in [0.05, 0.1) is 26.6 Å². The first kappa shape index (κ1) is 11.5. The Morgan fingerprint density at radius 3 is 3.11 bits per heavy atom. The smallest absolute Gasteiger partial charge is 0.467 e. The van der Waals surface area contributed by atoms with E-state index in [0.717, 1.165) is 5.23 Å². The van der Waals surface area contributed by atoms with Gasteiger partial charge in [-0.05, 0) is 17.4 Å². The van der Waals surface area contributed by atoms with Gasteiger partial charge in [0.2, 0.25) is 0 Å². The number of carbonyl (C=O) groups is 1. The van der Waals surface area contributed by atoms with Crippen molar-refractivity contribution in [1.82, 2.24) is 5.23 Å². The van der Waals surface area contributed by atoms with Gasteiger partial charge in [-0.3, -0.25) is 4.84 Å². The third-order valence-electron chi connectivity index (χ3n) is 3.10. The van der Waals surface area contributed by atoms with E-state index in [4.69, 9.17) is 18.8 Å². The van der Waals surface area contributed by atoms with Crippen LogP contribution in [0.5, 0.6) is 0 Å². The van der Waals surface area contributed by atoms with Gasteiger partial charge in [0.15, 0.2) is 0 Å². The molecule has 0 spiro atoms. The quantitative estimate of drug-likeness (QED) is 0.737. The summed E-state index contributed by atoms with van der Waals surface area (Å²) in [5, 5.41) is 1.15. The third kappa shape index (κ3) is 1.86. The molecule has 3 rings (SSSR count). The lowest BCUT2D eigenvalue weighted by Gasteiger charge is -2.22. The maximum absolute atomic E-state index is 11.1. The van der Waals surface area contributed by atoms with E-state index in [9.17, 15) is 4.79 Å². The van der Waals surface area contributed by atoms with E-state index in [1.165, 1.54) is 7.11 Å². The summed E-state index contributed by atoms with van der Waals surface area (Å²) < 4.78 is 15.4. The number of hydroxylamine groups is 2. The van der Waals surface area contributed by atoms with Crippen LogP contribution in [0.1, 0.15) is 11.9 Å². The fourth-order valence-corrected chi connectivity index (χ4v) is 2.26. The first-order valence-corrected chi connectivity index (χ1v) is 5.62. The highest BCUT2D eigenvalue weighted by atomic mass is 17.0. The second-order valence-corrected chi connectivity index (χ2v) is 4.15. The van der Waals surface area contributed by atoms with Gasteiger partial charge in [0.25, 0.3) is 0 Å². The zero-order chi connectivity index (χ0) is 12.5. The molecule has 0 N–H and O–H groups in total. The number of ether oxygens (including phenoxy) is 2. The molecule has 0 unspecified atom stereocenters. The molecule has 1 aromatic rings. The van der Waals surface area contributed by atoms with Crippen molar-refractivity contribution in [2.75, 3.05) is 20.3 Å². The van der Waals surface area contributed by atoms with Gasteiger partial charge in [-0.25, -0.2) is 4.79 Å². The molecule has 7 nitrogen and oxygen atoms in total. The Hall–Kier alpha value is -1.57. The second-order valence-electron chi connectivity index (χ2n) is 4.15. The van der Waals surface area contributed by atoms with Crippen molar-refractivity contribution >= 4 is 6.16 Å². The Kier molecular flexibility index (Phi) is 2.94. The number of rotatable bonds is 2. The standard InChI is InChI=1S/C11H13NO6/c1-14-11(13)18-12-9-7(6-17-12)5-16-10(9)8-3-2-4-15-8/h2-4,7,9-10H,5-6H2,1H3/t7-,9+,10-/m0/s1. The summed E-state index contributed by atoms with van der Waals surface area (Å²) in [5.74, 6) is 0.830. The van der Waals surface area contributed by atoms with Gasteiger partial charge in [-0.1, -0.05) is 0 Å². The van der Waals surface area contributed by atoms with Crippen LogP contribution < -0.4 is 0 Å². The molecule has 0 aliphatic carbocycles. The minimum atomic E-state index is -0.819. The molecule has 1 aromatic heterocycles. The normalized spacial score (nSPS) is 31.3. The van der Waals surface area contributed by atoms with E-state index < -0.39 is 6.16 Å². The maximum atomic E-state index is 11.1. The average Bonchev–Trinajstić information content (AvgIpc) is 3.05. The summed E-state index contributed by atoms with van der Waals surface area (Å²) in [6, 6.07) is 3.39. The monoisotopic (exact) mass is 255 g/mol. The molecule has 0 aromatic carbocycles. The van der Waals surface area contributed by atoms with Crippen molar-refractivity contribution in [3.05, 3.63) is 24.2 Å². The van der Waals surface area contributed by atoms with Crippen LogP contribution in [0.4, 0.5) is 4.79 Å². The van der Waals surface area contributed by atoms with Crippen molar-refractivity contribution in [1.29, 1.82) is 0 Å². The molecule has 2 saturated heterocycles. The predicted molar refractivity (Wildman–Crippen MR) is 56.0 cm³/mol.